The summed E-state index contributed by atoms with van der Waals surface area (Å²) >= 11 is 5.72. The summed E-state index contributed by atoms with van der Waals surface area (Å²) in [6.45, 7) is 6.59. The third-order valence-corrected chi connectivity index (χ3v) is 6.20. The number of benzene rings is 1. The zero-order chi connectivity index (χ0) is 21.1. The van der Waals surface area contributed by atoms with E-state index in [0.717, 1.165) is 23.9 Å². The first kappa shape index (κ1) is 20.6. The molecule has 1 aliphatic rings. The summed E-state index contributed by atoms with van der Waals surface area (Å²) in [7, 11) is 1.73. The number of ether oxygens (including phenoxy) is 1. The van der Waals surface area contributed by atoms with Crippen molar-refractivity contribution >= 4 is 17.3 Å². The van der Waals surface area contributed by atoms with Gasteiger partial charge in [0.2, 0.25) is 0 Å². The van der Waals surface area contributed by atoms with Crippen molar-refractivity contribution in [2.24, 2.45) is 0 Å². The molecule has 1 saturated heterocycles. The van der Waals surface area contributed by atoms with E-state index in [4.69, 9.17) is 17.0 Å². The molecule has 1 N–H and O–H groups in total. The lowest BCUT2D eigenvalue weighted by molar-refractivity contribution is 0.164. The first-order valence-electron chi connectivity index (χ1n) is 10.3. The van der Waals surface area contributed by atoms with Gasteiger partial charge in [0.05, 0.1) is 24.4 Å². The molecular weight excluding hydrogens is 392 g/mol. The van der Waals surface area contributed by atoms with Crippen molar-refractivity contribution in [2.75, 3.05) is 20.3 Å². The number of hydrogen-bond donors (Lipinski definition) is 1. The van der Waals surface area contributed by atoms with Crippen molar-refractivity contribution in [1.82, 2.24) is 19.8 Å². The molecule has 2 aromatic heterocycles. The molecule has 1 aliphatic heterocycles. The predicted molar refractivity (Wildman–Crippen MR) is 123 cm³/mol. The van der Waals surface area contributed by atoms with Crippen LogP contribution in [-0.2, 0) is 11.3 Å². The SMILES string of the molecule is COCCN1C(=S)N[C@@H](c2ccccn2)[C@@H]1c1cc(C)n(Cc2ccccc2)c1C. The Morgan fingerprint density at radius 3 is 2.57 bits per heavy atom. The van der Waals surface area contributed by atoms with E-state index in [0.29, 0.717) is 6.61 Å². The maximum Gasteiger partial charge on any atom is 0.170 e. The van der Waals surface area contributed by atoms with Crippen molar-refractivity contribution < 1.29 is 4.74 Å². The normalized spacial score (nSPS) is 18.6. The summed E-state index contributed by atoms with van der Waals surface area (Å²) in [5.41, 5.74) is 6.08. The van der Waals surface area contributed by atoms with Gasteiger partial charge in [0, 0.05) is 37.8 Å². The maximum atomic E-state index is 5.72. The van der Waals surface area contributed by atoms with Crippen LogP contribution in [0.15, 0.2) is 60.8 Å². The Morgan fingerprint density at radius 2 is 1.87 bits per heavy atom. The van der Waals surface area contributed by atoms with Gasteiger partial charge in [-0.2, -0.15) is 0 Å². The number of hydrogen-bond acceptors (Lipinski definition) is 3. The number of aromatic nitrogens is 2. The van der Waals surface area contributed by atoms with Gasteiger partial charge in [-0.3, -0.25) is 4.98 Å². The maximum absolute atomic E-state index is 5.72. The minimum atomic E-state index is 0.00114. The standard InChI is InChI=1S/C24H28N4OS/c1-17-15-20(18(2)28(17)16-19-9-5-4-6-10-19)23-22(21-11-7-8-12-25-21)26-24(30)27(23)13-14-29-3/h4-12,15,22-23H,13-14,16H2,1-3H3,(H,26,30)/t22-,23-/m0/s1. The summed E-state index contributed by atoms with van der Waals surface area (Å²) in [6.07, 6.45) is 1.84. The Labute approximate surface area is 183 Å². The lowest BCUT2D eigenvalue weighted by Gasteiger charge is -2.28. The summed E-state index contributed by atoms with van der Waals surface area (Å²) in [6, 6.07) is 19.0. The lowest BCUT2D eigenvalue weighted by Crippen LogP contribution is -2.32. The van der Waals surface area contributed by atoms with Crippen molar-refractivity contribution in [3.8, 4) is 0 Å². The van der Waals surface area contributed by atoms with E-state index in [-0.39, 0.29) is 12.1 Å². The second kappa shape index (κ2) is 8.98. The zero-order valence-corrected chi connectivity index (χ0v) is 18.5. The molecule has 1 fully saturated rings. The van der Waals surface area contributed by atoms with Gasteiger partial charge >= 0.3 is 0 Å². The molecule has 0 spiro atoms. The highest BCUT2D eigenvalue weighted by Gasteiger charge is 2.41. The van der Waals surface area contributed by atoms with Crippen LogP contribution in [0.25, 0.3) is 0 Å². The van der Waals surface area contributed by atoms with E-state index in [2.05, 4.69) is 76.1 Å². The predicted octanol–water partition coefficient (Wildman–Crippen LogP) is 4.17. The number of rotatable bonds is 7. The highest BCUT2D eigenvalue weighted by Crippen LogP contribution is 2.40. The fraction of sp³-hybridized carbons (Fsp3) is 0.333. The van der Waals surface area contributed by atoms with Crippen LogP contribution >= 0.6 is 12.2 Å². The molecule has 0 amide bonds. The van der Waals surface area contributed by atoms with Crippen LogP contribution in [0.1, 0.15) is 40.3 Å². The Kier molecular flexibility index (Phi) is 6.16. The molecule has 0 saturated carbocycles. The Bertz CT molecular complexity index is 1000. The topological polar surface area (TPSA) is 42.3 Å². The van der Waals surface area contributed by atoms with Gasteiger partial charge in [-0.15, -0.1) is 0 Å². The number of nitrogens with zero attached hydrogens (tertiary/aromatic N) is 3. The summed E-state index contributed by atoms with van der Waals surface area (Å²) in [5, 5.41) is 4.26. The first-order chi connectivity index (χ1) is 14.6. The molecule has 0 radical (unpaired) electrons. The quantitative estimate of drug-likeness (QED) is 0.581. The molecule has 5 nitrogen and oxygen atoms in total. The molecule has 0 aliphatic carbocycles. The summed E-state index contributed by atoms with van der Waals surface area (Å²) in [4.78, 5) is 6.87. The smallest absolute Gasteiger partial charge is 0.170 e. The molecule has 156 valence electrons. The highest BCUT2D eigenvalue weighted by atomic mass is 32.1. The van der Waals surface area contributed by atoms with Crippen LogP contribution < -0.4 is 5.32 Å². The number of nitrogens with one attached hydrogen (secondary N) is 1. The van der Waals surface area contributed by atoms with Crippen molar-refractivity contribution in [1.29, 1.82) is 0 Å². The Hall–Kier alpha value is -2.70. The molecule has 0 bridgehead atoms. The van der Waals surface area contributed by atoms with E-state index in [1.165, 1.54) is 22.5 Å². The largest absolute Gasteiger partial charge is 0.383 e. The van der Waals surface area contributed by atoms with E-state index in [9.17, 15) is 0 Å². The average Bonchev–Trinajstić information content (AvgIpc) is 3.24. The van der Waals surface area contributed by atoms with Crippen LogP contribution in [0, 0.1) is 13.8 Å². The molecule has 2 atom stereocenters. The van der Waals surface area contributed by atoms with Crippen LogP contribution in [0.2, 0.25) is 0 Å². The zero-order valence-electron chi connectivity index (χ0n) is 17.7. The molecular formula is C24H28N4OS. The van der Waals surface area contributed by atoms with Gasteiger partial charge in [0.25, 0.3) is 0 Å². The van der Waals surface area contributed by atoms with Gasteiger partial charge in [0.1, 0.15) is 0 Å². The average molecular weight is 421 g/mol. The van der Waals surface area contributed by atoms with Gasteiger partial charge in [0.15, 0.2) is 5.11 Å². The number of aryl methyl sites for hydroxylation is 1. The highest BCUT2D eigenvalue weighted by molar-refractivity contribution is 7.80. The number of pyridine rings is 1. The lowest BCUT2D eigenvalue weighted by atomic mass is 9.97. The third-order valence-electron chi connectivity index (χ3n) is 5.85. The second-order valence-corrected chi connectivity index (χ2v) is 8.10. The second-order valence-electron chi connectivity index (χ2n) is 7.71. The fourth-order valence-corrected chi connectivity index (χ4v) is 4.64. The first-order valence-corrected chi connectivity index (χ1v) is 10.7. The van der Waals surface area contributed by atoms with Crippen LogP contribution in [-0.4, -0.2) is 39.8 Å². The minimum Gasteiger partial charge on any atom is -0.383 e. The fourth-order valence-electron chi connectivity index (χ4n) is 4.31. The van der Waals surface area contributed by atoms with Crippen LogP contribution in [0.3, 0.4) is 0 Å². The third kappa shape index (κ3) is 3.98. The van der Waals surface area contributed by atoms with E-state index >= 15 is 0 Å². The summed E-state index contributed by atoms with van der Waals surface area (Å²) < 4.78 is 7.75. The summed E-state index contributed by atoms with van der Waals surface area (Å²) in [5.74, 6) is 0. The number of thiocarbonyl (C=S) groups is 1. The monoisotopic (exact) mass is 420 g/mol. The Balaban J connectivity index is 1.74. The van der Waals surface area contributed by atoms with Gasteiger partial charge in [-0.1, -0.05) is 36.4 Å². The van der Waals surface area contributed by atoms with Crippen molar-refractivity contribution in [2.45, 2.75) is 32.5 Å². The Morgan fingerprint density at radius 1 is 1.10 bits per heavy atom. The van der Waals surface area contributed by atoms with E-state index in [1.807, 2.05) is 18.3 Å². The molecule has 0 unspecified atom stereocenters. The van der Waals surface area contributed by atoms with Gasteiger partial charge < -0.3 is 19.5 Å². The number of methoxy groups -OCH3 is 1. The van der Waals surface area contributed by atoms with Crippen molar-refractivity contribution in [3.05, 3.63) is 89.0 Å². The van der Waals surface area contributed by atoms with Gasteiger partial charge in [-0.25, -0.2) is 0 Å². The van der Waals surface area contributed by atoms with Crippen molar-refractivity contribution in [3.63, 3.8) is 0 Å². The van der Waals surface area contributed by atoms with E-state index < -0.39 is 0 Å². The minimum absolute atomic E-state index is 0.00114. The molecule has 1 aromatic carbocycles. The van der Waals surface area contributed by atoms with Gasteiger partial charge in [-0.05, 0) is 55.4 Å². The molecule has 3 heterocycles. The molecule has 4 rings (SSSR count). The van der Waals surface area contributed by atoms with Crippen LogP contribution in [0.5, 0.6) is 0 Å². The van der Waals surface area contributed by atoms with E-state index in [1.54, 1.807) is 7.11 Å². The molecule has 3 aromatic rings. The molecule has 6 heteroatoms. The van der Waals surface area contributed by atoms with Crippen LogP contribution in [0.4, 0.5) is 0 Å². The molecule has 30 heavy (non-hydrogen) atoms.